The highest BCUT2D eigenvalue weighted by Gasteiger charge is 2.07. The lowest BCUT2D eigenvalue weighted by molar-refractivity contribution is -0.112. The van der Waals surface area contributed by atoms with E-state index in [4.69, 9.17) is 5.73 Å². The van der Waals surface area contributed by atoms with Crippen LogP contribution in [0.4, 0.5) is 5.69 Å². The van der Waals surface area contributed by atoms with Crippen LogP contribution in [-0.4, -0.2) is 15.9 Å². The van der Waals surface area contributed by atoms with Crippen molar-refractivity contribution in [1.82, 2.24) is 9.97 Å². The van der Waals surface area contributed by atoms with Crippen LogP contribution in [0, 0.1) is 0 Å². The van der Waals surface area contributed by atoms with Gasteiger partial charge in [0, 0.05) is 5.69 Å². The average Bonchev–Trinajstić information content (AvgIpc) is 2.56. The quantitative estimate of drug-likeness (QED) is 0.643. The van der Waals surface area contributed by atoms with Crippen LogP contribution < -0.4 is 16.6 Å². The molecule has 1 amide bonds. The largest absolute Gasteiger partial charge is 0.394 e. The molecule has 0 atom stereocenters. The van der Waals surface area contributed by atoms with Crippen molar-refractivity contribution in [2.75, 3.05) is 5.32 Å². The molecule has 0 bridgehead atoms. The number of aromatic nitrogens is 2. The molecule has 114 valence electrons. The Kier molecular flexibility index (Phi) is 3.88. The number of aromatic amines is 1. The van der Waals surface area contributed by atoms with Crippen LogP contribution in [0.2, 0.25) is 0 Å². The monoisotopic (exact) mass is 306 g/mol. The highest BCUT2D eigenvalue weighted by atomic mass is 16.2. The van der Waals surface area contributed by atoms with E-state index >= 15 is 0 Å². The summed E-state index contributed by atoms with van der Waals surface area (Å²) in [7, 11) is 0. The third-order valence-corrected chi connectivity index (χ3v) is 3.28. The van der Waals surface area contributed by atoms with Crippen LogP contribution in [0.5, 0.6) is 0 Å². The molecular weight excluding hydrogens is 292 g/mol. The van der Waals surface area contributed by atoms with E-state index in [1.54, 1.807) is 24.3 Å². The molecule has 1 aromatic heterocycles. The van der Waals surface area contributed by atoms with Crippen molar-refractivity contribution in [3.05, 3.63) is 76.5 Å². The van der Waals surface area contributed by atoms with Crippen molar-refractivity contribution in [2.45, 2.75) is 0 Å². The summed E-state index contributed by atoms with van der Waals surface area (Å²) in [6, 6.07) is 14.2. The Hall–Kier alpha value is -3.41. The lowest BCUT2D eigenvalue weighted by Crippen LogP contribution is -2.20. The number of rotatable bonds is 3. The molecule has 0 radical (unpaired) electrons. The predicted octanol–water partition coefficient (Wildman–Crippen LogP) is 1.86. The summed E-state index contributed by atoms with van der Waals surface area (Å²) in [5.41, 5.74) is 7.54. The van der Waals surface area contributed by atoms with Gasteiger partial charge in [-0.2, -0.15) is 0 Å². The van der Waals surface area contributed by atoms with Crippen LogP contribution in [0.3, 0.4) is 0 Å². The van der Waals surface area contributed by atoms with Gasteiger partial charge in [-0.3, -0.25) is 9.59 Å². The van der Waals surface area contributed by atoms with Crippen LogP contribution in [0.25, 0.3) is 17.0 Å². The highest BCUT2D eigenvalue weighted by molar-refractivity contribution is 6.06. The molecule has 3 rings (SSSR count). The minimum Gasteiger partial charge on any atom is -0.394 e. The van der Waals surface area contributed by atoms with Crippen molar-refractivity contribution in [1.29, 1.82) is 0 Å². The van der Waals surface area contributed by atoms with Gasteiger partial charge in [-0.15, -0.1) is 0 Å². The lowest BCUT2D eigenvalue weighted by atomic mass is 10.2. The molecule has 23 heavy (non-hydrogen) atoms. The van der Waals surface area contributed by atoms with Crippen LogP contribution >= 0.6 is 0 Å². The summed E-state index contributed by atoms with van der Waals surface area (Å²) < 4.78 is 0. The normalized spacial score (nSPS) is 11.4. The third kappa shape index (κ3) is 3.26. The van der Waals surface area contributed by atoms with Gasteiger partial charge in [0.15, 0.2) is 0 Å². The topological polar surface area (TPSA) is 101 Å². The van der Waals surface area contributed by atoms with Gasteiger partial charge in [0.1, 0.15) is 0 Å². The summed E-state index contributed by atoms with van der Waals surface area (Å²) in [5.74, 6) is -0.418. The highest BCUT2D eigenvalue weighted by Crippen LogP contribution is 2.14. The minimum absolute atomic E-state index is 0.0927. The van der Waals surface area contributed by atoms with Gasteiger partial charge in [0.2, 0.25) is 0 Å². The first-order chi connectivity index (χ1) is 11.1. The molecule has 6 nitrogen and oxygen atoms in total. The molecule has 6 heteroatoms. The number of carbonyl (C=O) groups is 1. The fraction of sp³-hybridized carbons (Fsp3) is 0. The van der Waals surface area contributed by atoms with Crippen LogP contribution in [-0.2, 0) is 4.79 Å². The van der Waals surface area contributed by atoms with Gasteiger partial charge in [-0.1, -0.05) is 30.3 Å². The number of nitrogens with two attached hydrogens (primary N) is 1. The summed E-state index contributed by atoms with van der Waals surface area (Å²) >= 11 is 0. The molecule has 0 spiro atoms. The number of carbonyl (C=O) groups excluding carboxylic acids is 1. The second-order valence-electron chi connectivity index (χ2n) is 4.93. The van der Waals surface area contributed by atoms with Crippen molar-refractivity contribution >= 4 is 28.6 Å². The number of hydrogen-bond acceptors (Lipinski definition) is 4. The number of hydrogen-bond donors (Lipinski definition) is 3. The van der Waals surface area contributed by atoms with E-state index in [0.717, 1.165) is 5.56 Å². The average molecular weight is 306 g/mol. The molecular formula is C17H14N4O2. The van der Waals surface area contributed by atoms with E-state index in [1.807, 2.05) is 30.3 Å². The van der Waals surface area contributed by atoms with Crippen molar-refractivity contribution < 1.29 is 4.79 Å². The third-order valence-electron chi connectivity index (χ3n) is 3.28. The number of benzene rings is 2. The van der Waals surface area contributed by atoms with Crippen LogP contribution in [0.15, 0.2) is 65.3 Å². The number of H-pyrrole nitrogens is 1. The Morgan fingerprint density at radius 2 is 1.96 bits per heavy atom. The predicted molar refractivity (Wildman–Crippen MR) is 89.6 cm³/mol. The Bertz CT molecular complexity index is 945. The van der Waals surface area contributed by atoms with E-state index in [9.17, 15) is 9.59 Å². The second kappa shape index (κ2) is 6.15. The van der Waals surface area contributed by atoms with Gasteiger partial charge in [0.25, 0.3) is 11.5 Å². The second-order valence-corrected chi connectivity index (χ2v) is 4.93. The zero-order chi connectivity index (χ0) is 16.2. The first-order valence-corrected chi connectivity index (χ1v) is 6.94. The Balaban J connectivity index is 1.83. The summed E-state index contributed by atoms with van der Waals surface area (Å²) in [6.07, 6.45) is 2.92. The zero-order valence-electron chi connectivity index (χ0n) is 12.1. The summed E-state index contributed by atoms with van der Waals surface area (Å²) in [6.45, 7) is 0. The van der Waals surface area contributed by atoms with Gasteiger partial charge in [0.05, 0.1) is 22.9 Å². The molecule has 0 aliphatic rings. The Labute approximate surface area is 131 Å². The lowest BCUT2D eigenvalue weighted by Gasteiger charge is -2.06. The number of fused-ring (bicyclic) bond motifs is 1. The van der Waals surface area contributed by atoms with Gasteiger partial charge in [-0.25, -0.2) is 4.98 Å². The van der Waals surface area contributed by atoms with E-state index in [-0.39, 0.29) is 11.3 Å². The molecule has 0 aliphatic heterocycles. The summed E-state index contributed by atoms with van der Waals surface area (Å²) in [5, 5.41) is 3.15. The molecule has 1 heterocycles. The fourth-order valence-corrected chi connectivity index (χ4v) is 2.14. The molecule has 0 aliphatic carbocycles. The van der Waals surface area contributed by atoms with Gasteiger partial charge in [-0.05, 0) is 29.8 Å². The fourth-order valence-electron chi connectivity index (χ4n) is 2.14. The molecule has 0 saturated heterocycles. The number of nitrogens with one attached hydrogen (secondary N) is 2. The van der Waals surface area contributed by atoms with E-state index < -0.39 is 5.91 Å². The van der Waals surface area contributed by atoms with Gasteiger partial charge < -0.3 is 16.0 Å². The Morgan fingerprint density at radius 3 is 2.74 bits per heavy atom. The molecule has 2 aromatic carbocycles. The maximum atomic E-state index is 12.1. The van der Waals surface area contributed by atoms with Crippen molar-refractivity contribution in [2.24, 2.45) is 5.73 Å². The van der Waals surface area contributed by atoms with E-state index in [0.29, 0.717) is 16.6 Å². The first kappa shape index (κ1) is 14.5. The standard InChI is InChI=1S/C17H14N4O2/c18-14(8-11-4-2-1-3-5-11)17(23)21-12-6-7-13-15(9-12)19-10-20-16(13)22/h1-10H,18H2,(H,21,23)(H,19,20,22)/b14-8-. The van der Waals surface area contributed by atoms with Crippen molar-refractivity contribution in [3.63, 3.8) is 0 Å². The Morgan fingerprint density at radius 1 is 1.17 bits per heavy atom. The maximum absolute atomic E-state index is 12.1. The van der Waals surface area contributed by atoms with Crippen molar-refractivity contribution in [3.8, 4) is 0 Å². The van der Waals surface area contributed by atoms with E-state index in [1.165, 1.54) is 6.33 Å². The molecule has 4 N–H and O–H groups in total. The molecule has 0 fully saturated rings. The SMILES string of the molecule is N/C(=C\c1ccccc1)C(=O)Nc1ccc2c(=O)[nH]cnc2c1. The number of amides is 1. The van der Waals surface area contributed by atoms with Crippen LogP contribution in [0.1, 0.15) is 5.56 Å². The smallest absolute Gasteiger partial charge is 0.271 e. The first-order valence-electron chi connectivity index (χ1n) is 6.94. The summed E-state index contributed by atoms with van der Waals surface area (Å²) in [4.78, 5) is 30.3. The number of anilines is 1. The minimum atomic E-state index is -0.418. The molecule has 0 unspecified atom stereocenters. The number of nitrogens with zero attached hydrogens (tertiary/aromatic N) is 1. The van der Waals surface area contributed by atoms with E-state index in [2.05, 4.69) is 15.3 Å². The maximum Gasteiger partial charge on any atom is 0.271 e. The zero-order valence-corrected chi connectivity index (χ0v) is 12.1. The van der Waals surface area contributed by atoms with Gasteiger partial charge >= 0.3 is 0 Å². The molecule has 0 saturated carbocycles. The molecule has 3 aromatic rings.